The summed E-state index contributed by atoms with van der Waals surface area (Å²) in [5.74, 6) is -0.989. The standard InChI is InChI=1S/C23H22ClNO6/c1-12(26)30-11-16-14(7-8-25(16)2)21-17(27)9-18(28)22-19(29)10-20(31-23(21)22)13-5-3-4-6-15(13)24/h3-6,9-10,14,16,27-28H,7-8,11H2,1-2H3/t14-,16+/m0/s1. The van der Waals surface area contributed by atoms with E-state index in [2.05, 4.69) is 0 Å². The number of carbonyl (C=O) groups excluding carboxylic acids is 1. The molecule has 0 radical (unpaired) electrons. The van der Waals surface area contributed by atoms with Gasteiger partial charge in [-0.1, -0.05) is 23.7 Å². The first-order valence-electron chi connectivity index (χ1n) is 9.89. The lowest BCUT2D eigenvalue weighted by atomic mass is 9.89. The molecule has 0 amide bonds. The van der Waals surface area contributed by atoms with Gasteiger partial charge in [0, 0.05) is 36.1 Å². The van der Waals surface area contributed by atoms with E-state index in [4.69, 9.17) is 20.8 Å². The Labute approximate surface area is 183 Å². The van der Waals surface area contributed by atoms with Crippen molar-refractivity contribution in [3.8, 4) is 22.8 Å². The van der Waals surface area contributed by atoms with Gasteiger partial charge in [-0.2, -0.15) is 0 Å². The number of nitrogens with zero attached hydrogens (tertiary/aromatic N) is 1. The molecular formula is C23H22ClNO6. The third kappa shape index (κ3) is 3.86. The van der Waals surface area contributed by atoms with Crippen LogP contribution >= 0.6 is 11.6 Å². The smallest absolute Gasteiger partial charge is 0.302 e. The molecular weight excluding hydrogens is 422 g/mol. The maximum absolute atomic E-state index is 12.9. The van der Waals surface area contributed by atoms with E-state index in [1.54, 1.807) is 24.3 Å². The van der Waals surface area contributed by atoms with Crippen molar-refractivity contribution in [2.45, 2.75) is 25.3 Å². The number of likely N-dealkylation sites (tertiary alicyclic amines) is 1. The second-order valence-electron chi connectivity index (χ2n) is 7.73. The topological polar surface area (TPSA) is 100 Å². The zero-order valence-corrected chi connectivity index (χ0v) is 17.8. The summed E-state index contributed by atoms with van der Waals surface area (Å²) in [6.07, 6.45) is 0.649. The number of rotatable bonds is 4. The van der Waals surface area contributed by atoms with Gasteiger partial charge in [0.25, 0.3) is 0 Å². The third-order valence-corrected chi connectivity index (χ3v) is 6.12. The summed E-state index contributed by atoms with van der Waals surface area (Å²) in [5, 5.41) is 21.5. The first-order valence-corrected chi connectivity index (χ1v) is 10.3. The van der Waals surface area contributed by atoms with Gasteiger partial charge in [-0.25, -0.2) is 0 Å². The Bertz CT molecular complexity index is 1220. The molecule has 4 rings (SSSR count). The summed E-state index contributed by atoms with van der Waals surface area (Å²) in [4.78, 5) is 26.3. The molecule has 162 valence electrons. The summed E-state index contributed by atoms with van der Waals surface area (Å²) >= 11 is 6.29. The number of hydrogen-bond acceptors (Lipinski definition) is 7. The minimum absolute atomic E-state index is 0.00982. The average molecular weight is 444 g/mol. The molecule has 1 aliphatic heterocycles. The molecule has 31 heavy (non-hydrogen) atoms. The van der Waals surface area contributed by atoms with Crippen LogP contribution in [0.2, 0.25) is 5.02 Å². The van der Waals surface area contributed by atoms with E-state index in [-0.39, 0.29) is 46.8 Å². The fraction of sp³-hybridized carbons (Fsp3) is 0.304. The van der Waals surface area contributed by atoms with Crippen LogP contribution < -0.4 is 5.43 Å². The van der Waals surface area contributed by atoms with E-state index >= 15 is 0 Å². The monoisotopic (exact) mass is 443 g/mol. The number of benzene rings is 2. The molecule has 0 spiro atoms. The summed E-state index contributed by atoms with van der Waals surface area (Å²) < 4.78 is 11.3. The van der Waals surface area contributed by atoms with Gasteiger partial charge in [0.05, 0.1) is 11.1 Å². The number of likely N-dealkylation sites (N-methyl/N-ethyl adjacent to an activating group) is 1. The molecule has 0 bridgehead atoms. The van der Waals surface area contributed by atoms with Crippen molar-refractivity contribution in [3.05, 3.63) is 57.2 Å². The van der Waals surface area contributed by atoms with Crippen LogP contribution in [-0.4, -0.2) is 47.3 Å². The number of halogens is 1. The lowest BCUT2D eigenvalue weighted by Gasteiger charge is -2.25. The maximum atomic E-state index is 12.9. The SMILES string of the molecule is CC(=O)OC[C@@H]1[C@@H](c2c(O)cc(O)c3c(=O)cc(-c4ccccc4Cl)oc23)CCN1C. The molecule has 3 aromatic rings. The first-order chi connectivity index (χ1) is 14.8. The van der Waals surface area contributed by atoms with E-state index in [0.29, 0.717) is 29.1 Å². The van der Waals surface area contributed by atoms with Crippen LogP contribution in [0.25, 0.3) is 22.3 Å². The predicted octanol–water partition coefficient (Wildman–Crippen LogP) is 3.88. The zero-order chi connectivity index (χ0) is 22.3. The second kappa shape index (κ2) is 8.24. The highest BCUT2D eigenvalue weighted by Gasteiger charge is 2.37. The summed E-state index contributed by atoms with van der Waals surface area (Å²) in [6.45, 7) is 2.17. The number of carbonyl (C=O) groups is 1. The van der Waals surface area contributed by atoms with Crippen molar-refractivity contribution < 1.29 is 24.2 Å². The number of aromatic hydroxyl groups is 2. The lowest BCUT2D eigenvalue weighted by molar-refractivity contribution is -0.142. The number of phenolic OH excluding ortho intramolecular Hbond substituents is 2. The molecule has 1 aliphatic rings. The summed E-state index contributed by atoms with van der Waals surface area (Å²) in [7, 11) is 1.90. The van der Waals surface area contributed by atoms with Crippen LogP contribution in [0.5, 0.6) is 11.5 Å². The van der Waals surface area contributed by atoms with E-state index in [1.807, 2.05) is 11.9 Å². The molecule has 0 unspecified atom stereocenters. The Morgan fingerprint density at radius 2 is 2.00 bits per heavy atom. The van der Waals surface area contributed by atoms with Crippen molar-refractivity contribution in [2.75, 3.05) is 20.2 Å². The number of fused-ring (bicyclic) bond motifs is 1. The first kappa shape index (κ1) is 21.2. The van der Waals surface area contributed by atoms with Crippen molar-refractivity contribution in [2.24, 2.45) is 0 Å². The molecule has 2 N–H and O–H groups in total. The van der Waals surface area contributed by atoms with Crippen molar-refractivity contribution >= 4 is 28.5 Å². The van der Waals surface area contributed by atoms with Crippen LogP contribution in [-0.2, 0) is 9.53 Å². The van der Waals surface area contributed by atoms with Crippen LogP contribution in [0.4, 0.5) is 0 Å². The van der Waals surface area contributed by atoms with E-state index in [9.17, 15) is 19.8 Å². The van der Waals surface area contributed by atoms with Crippen LogP contribution in [0.3, 0.4) is 0 Å². The fourth-order valence-corrected chi connectivity index (χ4v) is 4.49. The number of esters is 1. The van der Waals surface area contributed by atoms with Gasteiger partial charge in [-0.3, -0.25) is 14.5 Å². The number of ether oxygens (including phenoxy) is 1. The highest BCUT2D eigenvalue weighted by Crippen LogP contribution is 2.44. The minimum Gasteiger partial charge on any atom is -0.507 e. The number of hydrogen-bond donors (Lipinski definition) is 2. The van der Waals surface area contributed by atoms with Gasteiger partial charge < -0.3 is 19.4 Å². The highest BCUT2D eigenvalue weighted by atomic mass is 35.5. The van der Waals surface area contributed by atoms with Gasteiger partial charge in [0.1, 0.15) is 34.8 Å². The minimum atomic E-state index is -0.446. The third-order valence-electron chi connectivity index (χ3n) is 5.79. The lowest BCUT2D eigenvalue weighted by Crippen LogP contribution is -2.33. The predicted molar refractivity (Wildman–Crippen MR) is 117 cm³/mol. The average Bonchev–Trinajstić information content (AvgIpc) is 3.06. The molecule has 1 saturated heterocycles. The van der Waals surface area contributed by atoms with E-state index in [0.717, 1.165) is 6.07 Å². The Balaban J connectivity index is 1.94. The largest absolute Gasteiger partial charge is 0.507 e. The van der Waals surface area contributed by atoms with Gasteiger partial charge in [0.15, 0.2) is 5.43 Å². The Morgan fingerprint density at radius 3 is 2.71 bits per heavy atom. The molecule has 0 saturated carbocycles. The molecule has 7 nitrogen and oxygen atoms in total. The molecule has 2 atom stereocenters. The van der Waals surface area contributed by atoms with Gasteiger partial charge in [-0.15, -0.1) is 0 Å². The Morgan fingerprint density at radius 1 is 1.26 bits per heavy atom. The van der Waals surface area contributed by atoms with E-state index < -0.39 is 11.4 Å². The maximum Gasteiger partial charge on any atom is 0.302 e. The van der Waals surface area contributed by atoms with Gasteiger partial charge >= 0.3 is 5.97 Å². The normalized spacial score (nSPS) is 19.1. The molecule has 0 aliphatic carbocycles. The van der Waals surface area contributed by atoms with Crippen LogP contribution in [0.15, 0.2) is 45.6 Å². The quantitative estimate of drug-likeness (QED) is 0.590. The molecule has 1 aromatic heterocycles. The molecule has 8 heteroatoms. The molecule has 2 heterocycles. The van der Waals surface area contributed by atoms with Gasteiger partial charge in [0.2, 0.25) is 0 Å². The van der Waals surface area contributed by atoms with Crippen molar-refractivity contribution in [1.82, 2.24) is 4.90 Å². The Hall–Kier alpha value is -3.03. The summed E-state index contributed by atoms with van der Waals surface area (Å²) in [6, 6.07) is 9.16. The highest BCUT2D eigenvalue weighted by molar-refractivity contribution is 6.33. The summed E-state index contributed by atoms with van der Waals surface area (Å²) in [5.41, 5.74) is 0.586. The zero-order valence-electron chi connectivity index (χ0n) is 17.1. The van der Waals surface area contributed by atoms with Crippen molar-refractivity contribution in [1.29, 1.82) is 0 Å². The fourth-order valence-electron chi connectivity index (χ4n) is 4.26. The molecule has 2 aromatic carbocycles. The van der Waals surface area contributed by atoms with Crippen LogP contribution in [0.1, 0.15) is 24.8 Å². The van der Waals surface area contributed by atoms with E-state index in [1.165, 1.54) is 13.0 Å². The molecule has 1 fully saturated rings. The Kier molecular flexibility index (Phi) is 5.64. The van der Waals surface area contributed by atoms with Crippen molar-refractivity contribution in [3.63, 3.8) is 0 Å². The van der Waals surface area contributed by atoms with Crippen LogP contribution in [0, 0.1) is 0 Å². The second-order valence-corrected chi connectivity index (χ2v) is 8.14. The number of phenols is 2. The van der Waals surface area contributed by atoms with Gasteiger partial charge in [-0.05, 0) is 32.1 Å².